The summed E-state index contributed by atoms with van der Waals surface area (Å²) in [5.41, 5.74) is -0.693. The Balaban J connectivity index is 1.43. The number of halogens is 6. The van der Waals surface area contributed by atoms with Crippen LogP contribution >= 0.6 is 0 Å². The Morgan fingerprint density at radius 3 is 2.02 bits per heavy atom. The van der Waals surface area contributed by atoms with Gasteiger partial charge in [-0.1, -0.05) is 42.5 Å². The SMILES string of the molecule is COc1ccc(CNc2ccc3c(c2)C(OCCc2ccccc2)C(OCc2cc(C(F)(F)F)cc(C(F)(F)F)c2)C(C)(C)O3)cc1. The van der Waals surface area contributed by atoms with Crippen LogP contribution in [0.25, 0.3) is 0 Å². The Kier molecular flexibility index (Phi) is 10.1. The molecule has 1 N–H and O–H groups in total. The van der Waals surface area contributed by atoms with Crippen LogP contribution in [-0.4, -0.2) is 25.4 Å². The Morgan fingerprint density at radius 2 is 1.40 bits per heavy atom. The van der Waals surface area contributed by atoms with E-state index in [0.29, 0.717) is 36.4 Å². The molecule has 47 heavy (non-hydrogen) atoms. The highest BCUT2D eigenvalue weighted by Gasteiger charge is 2.46. The number of alkyl halides is 6. The molecule has 5 rings (SSSR count). The number of hydrogen-bond donors (Lipinski definition) is 1. The van der Waals surface area contributed by atoms with Gasteiger partial charge in [-0.25, -0.2) is 0 Å². The van der Waals surface area contributed by atoms with Crippen LogP contribution in [0.4, 0.5) is 32.0 Å². The normalized spacial score (nSPS) is 17.5. The zero-order valence-electron chi connectivity index (χ0n) is 26.0. The average Bonchev–Trinajstić information content (AvgIpc) is 3.03. The molecule has 2 atom stereocenters. The summed E-state index contributed by atoms with van der Waals surface area (Å²) in [6.07, 6.45) is -11.0. The van der Waals surface area contributed by atoms with Gasteiger partial charge < -0.3 is 24.3 Å². The van der Waals surface area contributed by atoms with Gasteiger partial charge in [-0.05, 0) is 85.5 Å². The van der Waals surface area contributed by atoms with E-state index in [0.717, 1.165) is 22.6 Å². The number of ether oxygens (including phenoxy) is 4. The zero-order chi connectivity index (χ0) is 33.8. The Labute approximate surface area is 269 Å². The van der Waals surface area contributed by atoms with Crippen molar-refractivity contribution in [2.75, 3.05) is 19.0 Å². The molecule has 250 valence electrons. The first-order chi connectivity index (χ1) is 22.2. The van der Waals surface area contributed by atoms with Crippen LogP contribution in [0.1, 0.15) is 53.3 Å². The lowest BCUT2D eigenvalue weighted by Crippen LogP contribution is -2.51. The van der Waals surface area contributed by atoms with Crippen molar-refractivity contribution in [3.63, 3.8) is 0 Å². The Morgan fingerprint density at radius 1 is 0.745 bits per heavy atom. The van der Waals surface area contributed by atoms with E-state index in [1.165, 1.54) is 0 Å². The van der Waals surface area contributed by atoms with Crippen molar-refractivity contribution in [1.82, 2.24) is 0 Å². The van der Waals surface area contributed by atoms with E-state index in [1.807, 2.05) is 66.7 Å². The molecule has 0 saturated heterocycles. The maximum Gasteiger partial charge on any atom is 0.416 e. The lowest BCUT2D eigenvalue weighted by atomic mass is 9.87. The summed E-state index contributed by atoms with van der Waals surface area (Å²) < 4.78 is 105. The summed E-state index contributed by atoms with van der Waals surface area (Å²) in [4.78, 5) is 0. The van der Waals surface area contributed by atoms with E-state index in [9.17, 15) is 26.3 Å². The number of fused-ring (bicyclic) bond motifs is 1. The third-order valence-electron chi connectivity index (χ3n) is 7.91. The first-order valence-corrected chi connectivity index (χ1v) is 15.0. The van der Waals surface area contributed by atoms with Gasteiger partial charge in [0.2, 0.25) is 0 Å². The summed E-state index contributed by atoms with van der Waals surface area (Å²) >= 11 is 0. The number of hydrogen-bond acceptors (Lipinski definition) is 5. The standard InChI is InChI=1S/C36H35F6NO4/c1-34(2)33(46-22-25-17-26(35(37,38)39)19-27(18-25)36(40,41)42)32(45-16-15-23-7-5-4-6-8-23)30-20-28(11-14-31(30)47-34)43-21-24-9-12-29(44-3)13-10-24/h4-14,17-20,32-33,43H,15-16,21-22H2,1-3H3. The molecule has 0 fully saturated rings. The Hall–Kier alpha value is -4.22. The molecule has 0 bridgehead atoms. The molecule has 2 unspecified atom stereocenters. The van der Waals surface area contributed by atoms with Gasteiger partial charge in [0.15, 0.2) is 0 Å². The summed E-state index contributed by atoms with van der Waals surface area (Å²) in [6.45, 7) is 3.74. The molecule has 0 spiro atoms. The summed E-state index contributed by atoms with van der Waals surface area (Å²) in [5, 5.41) is 3.38. The number of anilines is 1. The minimum absolute atomic E-state index is 0.101. The zero-order valence-corrected chi connectivity index (χ0v) is 26.0. The number of methoxy groups -OCH3 is 1. The van der Waals surface area contributed by atoms with Gasteiger partial charge in [0.1, 0.15) is 29.3 Å². The van der Waals surface area contributed by atoms with Gasteiger partial charge in [0, 0.05) is 17.8 Å². The molecule has 0 amide bonds. The van der Waals surface area contributed by atoms with Gasteiger partial charge in [0.25, 0.3) is 0 Å². The van der Waals surface area contributed by atoms with Gasteiger partial charge in [0.05, 0.1) is 31.5 Å². The number of benzene rings is 4. The highest BCUT2D eigenvalue weighted by atomic mass is 19.4. The molecular formula is C36H35F6NO4. The second kappa shape index (κ2) is 13.9. The topological polar surface area (TPSA) is 49.0 Å². The molecule has 11 heteroatoms. The van der Waals surface area contributed by atoms with Crippen LogP contribution in [0.3, 0.4) is 0 Å². The van der Waals surface area contributed by atoms with E-state index in [4.69, 9.17) is 18.9 Å². The van der Waals surface area contributed by atoms with Crippen molar-refractivity contribution < 1.29 is 45.3 Å². The molecule has 1 heterocycles. The lowest BCUT2D eigenvalue weighted by molar-refractivity contribution is -0.167. The second-order valence-electron chi connectivity index (χ2n) is 11.8. The van der Waals surface area contributed by atoms with Crippen molar-refractivity contribution in [3.05, 3.63) is 124 Å². The predicted octanol–water partition coefficient (Wildman–Crippen LogP) is 9.40. The van der Waals surface area contributed by atoms with Crippen LogP contribution in [-0.2, 0) is 41.4 Å². The molecular weight excluding hydrogens is 624 g/mol. The van der Waals surface area contributed by atoms with E-state index in [1.54, 1.807) is 27.0 Å². The lowest BCUT2D eigenvalue weighted by Gasteiger charge is -2.44. The maximum atomic E-state index is 13.5. The van der Waals surface area contributed by atoms with Gasteiger partial charge in [-0.15, -0.1) is 0 Å². The van der Waals surface area contributed by atoms with E-state index in [2.05, 4.69) is 5.32 Å². The largest absolute Gasteiger partial charge is 0.497 e. The highest BCUT2D eigenvalue weighted by Crippen LogP contribution is 2.45. The minimum atomic E-state index is -4.97. The molecule has 0 saturated carbocycles. The van der Waals surface area contributed by atoms with Crippen molar-refractivity contribution in [2.24, 2.45) is 0 Å². The average molecular weight is 660 g/mol. The second-order valence-corrected chi connectivity index (χ2v) is 11.8. The molecule has 0 radical (unpaired) electrons. The van der Waals surface area contributed by atoms with Crippen LogP contribution in [0, 0.1) is 0 Å². The maximum absolute atomic E-state index is 13.5. The molecule has 4 aromatic rings. The summed E-state index contributed by atoms with van der Waals surface area (Å²) in [6, 6.07) is 24.2. The quantitative estimate of drug-likeness (QED) is 0.163. The van der Waals surface area contributed by atoms with Crippen molar-refractivity contribution in [3.8, 4) is 11.5 Å². The van der Waals surface area contributed by atoms with Crippen molar-refractivity contribution >= 4 is 5.69 Å². The van der Waals surface area contributed by atoms with Crippen LogP contribution in [0.2, 0.25) is 0 Å². The molecule has 1 aliphatic heterocycles. The fraction of sp³-hybridized carbons (Fsp3) is 0.333. The molecule has 1 aliphatic rings. The van der Waals surface area contributed by atoms with Crippen molar-refractivity contribution in [1.29, 1.82) is 0 Å². The van der Waals surface area contributed by atoms with Crippen LogP contribution in [0.5, 0.6) is 11.5 Å². The van der Waals surface area contributed by atoms with Gasteiger partial charge in [-0.3, -0.25) is 0 Å². The van der Waals surface area contributed by atoms with Gasteiger partial charge >= 0.3 is 12.4 Å². The van der Waals surface area contributed by atoms with E-state index in [-0.39, 0.29) is 18.2 Å². The molecule has 0 aromatic heterocycles. The predicted molar refractivity (Wildman–Crippen MR) is 165 cm³/mol. The fourth-order valence-electron chi connectivity index (χ4n) is 5.49. The van der Waals surface area contributed by atoms with Gasteiger partial charge in [-0.2, -0.15) is 26.3 Å². The fourth-order valence-corrected chi connectivity index (χ4v) is 5.49. The molecule has 0 aliphatic carbocycles. The Bertz CT molecular complexity index is 1610. The molecule has 5 nitrogen and oxygen atoms in total. The smallest absolute Gasteiger partial charge is 0.416 e. The first kappa shape index (κ1) is 34.1. The number of nitrogens with one attached hydrogen (secondary N) is 1. The minimum Gasteiger partial charge on any atom is -0.497 e. The number of rotatable bonds is 11. The first-order valence-electron chi connectivity index (χ1n) is 15.0. The highest BCUT2D eigenvalue weighted by molar-refractivity contribution is 5.54. The summed E-state index contributed by atoms with van der Waals surface area (Å²) in [7, 11) is 1.60. The van der Waals surface area contributed by atoms with Crippen LogP contribution < -0.4 is 14.8 Å². The monoisotopic (exact) mass is 659 g/mol. The third kappa shape index (κ3) is 8.58. The summed E-state index contributed by atoms with van der Waals surface area (Å²) in [5.74, 6) is 1.27. The van der Waals surface area contributed by atoms with Crippen LogP contribution in [0.15, 0.2) is 91.0 Å². The third-order valence-corrected chi connectivity index (χ3v) is 7.91. The van der Waals surface area contributed by atoms with E-state index >= 15 is 0 Å². The van der Waals surface area contributed by atoms with E-state index < -0.39 is 47.9 Å². The molecule has 4 aromatic carbocycles. The van der Waals surface area contributed by atoms with Crippen molar-refractivity contribution in [2.45, 2.75) is 63.6 Å².